The molecule has 0 saturated heterocycles. The lowest BCUT2D eigenvalue weighted by atomic mass is 9.83. The smallest absolute Gasteiger partial charge is 0.379 e. The molecule has 0 amide bonds. The summed E-state index contributed by atoms with van der Waals surface area (Å²) in [7, 11) is 0. The second-order valence-electron chi connectivity index (χ2n) is 9.80. The Balaban J connectivity index is 1.46. The van der Waals surface area contributed by atoms with Crippen molar-refractivity contribution in [2.45, 2.75) is 46.5 Å². The summed E-state index contributed by atoms with van der Waals surface area (Å²) in [4.78, 5) is 13.1. The van der Waals surface area contributed by atoms with Crippen LogP contribution in [0, 0.1) is 32.1 Å². The maximum Gasteiger partial charge on any atom is 0.379 e. The summed E-state index contributed by atoms with van der Waals surface area (Å²) in [6.45, 7) is 8.55. The van der Waals surface area contributed by atoms with Gasteiger partial charge >= 0.3 is 5.97 Å². The van der Waals surface area contributed by atoms with E-state index in [2.05, 4.69) is 19.1 Å². The number of ether oxygens (including phenoxy) is 3. The van der Waals surface area contributed by atoms with E-state index in [0.29, 0.717) is 23.5 Å². The number of hydrogen-bond donors (Lipinski definition) is 1. The molecular formula is C32H30N2O5. The molecule has 0 bridgehead atoms. The highest BCUT2D eigenvalue weighted by Crippen LogP contribution is 2.44. The van der Waals surface area contributed by atoms with Gasteiger partial charge in [0.25, 0.3) is 0 Å². The number of aryl methyl sites for hydroxylation is 3. The average molecular weight is 523 g/mol. The molecule has 5 rings (SSSR count). The van der Waals surface area contributed by atoms with E-state index in [1.165, 1.54) is 0 Å². The molecule has 4 aromatic rings. The Bertz CT molecular complexity index is 1660. The van der Waals surface area contributed by atoms with Crippen LogP contribution in [0.5, 0.6) is 17.2 Å². The van der Waals surface area contributed by atoms with E-state index in [0.717, 1.165) is 51.8 Å². The summed E-state index contributed by atoms with van der Waals surface area (Å²) in [6, 6.07) is 18.9. The summed E-state index contributed by atoms with van der Waals surface area (Å²) in [5, 5.41) is 10.8. The molecule has 0 aliphatic carbocycles. The van der Waals surface area contributed by atoms with Crippen molar-refractivity contribution in [3.8, 4) is 23.3 Å². The number of hydrogen-bond acceptors (Lipinski definition) is 7. The number of esters is 1. The molecular weight excluding hydrogens is 492 g/mol. The maximum absolute atomic E-state index is 13.1. The van der Waals surface area contributed by atoms with Gasteiger partial charge in [-0.05, 0) is 68.1 Å². The highest BCUT2D eigenvalue weighted by atomic mass is 16.5. The van der Waals surface area contributed by atoms with Crippen LogP contribution in [0.25, 0.3) is 11.0 Å². The summed E-state index contributed by atoms with van der Waals surface area (Å²) < 4.78 is 23.3. The van der Waals surface area contributed by atoms with Gasteiger partial charge in [0, 0.05) is 22.6 Å². The molecule has 1 aliphatic rings. The number of nitrogens with zero attached hydrogens (tertiary/aromatic N) is 1. The molecule has 1 atom stereocenters. The van der Waals surface area contributed by atoms with Gasteiger partial charge in [-0.3, -0.25) is 0 Å². The molecule has 3 aromatic carbocycles. The number of fused-ring (bicyclic) bond motifs is 2. The fourth-order valence-corrected chi connectivity index (χ4v) is 5.10. The summed E-state index contributed by atoms with van der Waals surface area (Å²) in [6.07, 6.45) is 1.99. The molecule has 7 nitrogen and oxygen atoms in total. The first-order valence-electron chi connectivity index (χ1n) is 13.0. The number of furan rings is 1. The summed E-state index contributed by atoms with van der Waals surface area (Å²) in [5.74, 6) is 0.508. The fourth-order valence-electron chi connectivity index (χ4n) is 5.10. The molecule has 39 heavy (non-hydrogen) atoms. The molecule has 2 heterocycles. The van der Waals surface area contributed by atoms with Crippen LogP contribution in [0.4, 0.5) is 0 Å². The van der Waals surface area contributed by atoms with Gasteiger partial charge in [-0.15, -0.1) is 0 Å². The Morgan fingerprint density at radius 2 is 1.90 bits per heavy atom. The van der Waals surface area contributed by atoms with E-state index in [1.807, 2.05) is 51.1 Å². The number of nitriles is 1. The predicted molar refractivity (Wildman–Crippen MR) is 148 cm³/mol. The second kappa shape index (κ2) is 10.6. The van der Waals surface area contributed by atoms with Crippen LogP contribution in [-0.4, -0.2) is 12.6 Å². The molecule has 198 valence electrons. The standard InChI is InChI=1S/C32H30N2O5/c1-5-6-12-36-22-9-7-8-21(15-22)29-24-11-10-23(16-26(24)39-31(34)25(29)17-33)37-32(35)30-20(4)28-19(3)13-18(2)14-27(28)38-30/h7-11,13-16,29H,5-6,12,34H2,1-4H3. The van der Waals surface area contributed by atoms with Crippen LogP contribution in [0.2, 0.25) is 0 Å². The first-order valence-corrected chi connectivity index (χ1v) is 13.0. The van der Waals surface area contributed by atoms with Gasteiger partial charge in [0.15, 0.2) is 0 Å². The largest absolute Gasteiger partial charge is 0.494 e. The van der Waals surface area contributed by atoms with Gasteiger partial charge < -0.3 is 24.4 Å². The normalized spacial score (nSPS) is 14.5. The van der Waals surface area contributed by atoms with Gasteiger partial charge in [-0.1, -0.05) is 37.6 Å². The topological polar surface area (TPSA) is 108 Å². The van der Waals surface area contributed by atoms with Gasteiger partial charge in [-0.25, -0.2) is 4.79 Å². The monoisotopic (exact) mass is 522 g/mol. The third kappa shape index (κ3) is 4.94. The lowest BCUT2D eigenvalue weighted by Crippen LogP contribution is -2.21. The van der Waals surface area contributed by atoms with Gasteiger partial charge in [-0.2, -0.15) is 5.26 Å². The number of nitrogens with two attached hydrogens (primary N) is 1. The molecule has 0 radical (unpaired) electrons. The van der Waals surface area contributed by atoms with Crippen LogP contribution in [0.3, 0.4) is 0 Å². The Hall–Kier alpha value is -4.70. The lowest BCUT2D eigenvalue weighted by Gasteiger charge is -2.27. The van der Waals surface area contributed by atoms with E-state index in [-0.39, 0.29) is 17.4 Å². The van der Waals surface area contributed by atoms with Crippen molar-refractivity contribution < 1.29 is 23.4 Å². The number of rotatable bonds is 7. The first-order chi connectivity index (χ1) is 18.8. The number of carbonyl (C=O) groups is 1. The second-order valence-corrected chi connectivity index (χ2v) is 9.80. The Labute approximate surface area is 227 Å². The predicted octanol–water partition coefficient (Wildman–Crippen LogP) is 6.97. The van der Waals surface area contributed by atoms with Gasteiger partial charge in [0.2, 0.25) is 11.6 Å². The first kappa shape index (κ1) is 25.9. The van der Waals surface area contributed by atoms with Crippen molar-refractivity contribution >= 4 is 16.9 Å². The Morgan fingerprint density at radius 3 is 2.67 bits per heavy atom. The molecule has 1 aliphatic heterocycles. The summed E-state index contributed by atoms with van der Waals surface area (Å²) in [5.41, 5.74) is 11.5. The van der Waals surface area contributed by atoms with Crippen molar-refractivity contribution in [1.82, 2.24) is 0 Å². The van der Waals surface area contributed by atoms with Crippen LogP contribution < -0.4 is 19.9 Å². The zero-order valence-electron chi connectivity index (χ0n) is 22.5. The average Bonchev–Trinajstić information content (AvgIpc) is 3.24. The Morgan fingerprint density at radius 1 is 1.08 bits per heavy atom. The number of allylic oxidation sites excluding steroid dienone is 1. The van der Waals surface area contributed by atoms with Gasteiger partial charge in [0.05, 0.1) is 12.5 Å². The number of carbonyl (C=O) groups excluding carboxylic acids is 1. The van der Waals surface area contributed by atoms with E-state index in [4.69, 9.17) is 24.4 Å². The SMILES string of the molecule is CCCCOc1cccc(C2C(C#N)=C(N)Oc3cc(OC(=O)c4oc5cc(C)cc(C)c5c4C)ccc32)c1. The van der Waals surface area contributed by atoms with E-state index >= 15 is 0 Å². The van der Waals surface area contributed by atoms with Crippen molar-refractivity contribution in [3.63, 3.8) is 0 Å². The minimum absolute atomic E-state index is 0.00903. The highest BCUT2D eigenvalue weighted by molar-refractivity contribution is 5.98. The minimum atomic E-state index is -0.605. The third-order valence-electron chi connectivity index (χ3n) is 6.92. The molecule has 0 saturated carbocycles. The highest BCUT2D eigenvalue weighted by Gasteiger charge is 2.31. The fraction of sp³-hybridized carbons (Fsp3) is 0.250. The van der Waals surface area contributed by atoms with Crippen LogP contribution >= 0.6 is 0 Å². The van der Waals surface area contributed by atoms with E-state index in [9.17, 15) is 10.1 Å². The molecule has 2 N–H and O–H groups in total. The number of benzene rings is 3. The quantitative estimate of drug-likeness (QED) is 0.159. The van der Waals surface area contributed by atoms with Crippen molar-refractivity contribution in [1.29, 1.82) is 5.26 Å². The number of unbranched alkanes of at least 4 members (excludes halogenated alkanes) is 1. The minimum Gasteiger partial charge on any atom is -0.494 e. The van der Waals surface area contributed by atoms with E-state index < -0.39 is 11.9 Å². The summed E-state index contributed by atoms with van der Waals surface area (Å²) >= 11 is 0. The van der Waals surface area contributed by atoms with E-state index in [1.54, 1.807) is 18.2 Å². The van der Waals surface area contributed by atoms with Crippen molar-refractivity contribution in [2.24, 2.45) is 5.73 Å². The third-order valence-corrected chi connectivity index (χ3v) is 6.92. The zero-order chi connectivity index (χ0) is 27.7. The molecule has 0 spiro atoms. The van der Waals surface area contributed by atoms with Crippen molar-refractivity contribution in [3.05, 3.63) is 99.6 Å². The van der Waals surface area contributed by atoms with Crippen LogP contribution in [0.15, 0.2) is 70.5 Å². The van der Waals surface area contributed by atoms with Crippen LogP contribution in [0.1, 0.15) is 64.1 Å². The van der Waals surface area contributed by atoms with Crippen molar-refractivity contribution in [2.75, 3.05) is 6.61 Å². The molecule has 1 aromatic heterocycles. The Kier molecular flexibility index (Phi) is 7.03. The van der Waals surface area contributed by atoms with Crippen LogP contribution in [-0.2, 0) is 0 Å². The molecule has 0 fully saturated rings. The molecule has 7 heteroatoms. The zero-order valence-corrected chi connectivity index (χ0v) is 22.5. The maximum atomic E-state index is 13.1. The lowest BCUT2D eigenvalue weighted by molar-refractivity contribution is 0.0702. The van der Waals surface area contributed by atoms with Gasteiger partial charge in [0.1, 0.15) is 34.5 Å². The molecule has 1 unspecified atom stereocenters.